The SMILES string of the molecule is CCCNc1ccc(CN2C(=O)C3C(C2=O)C3(C)C)cn1. The van der Waals surface area contributed by atoms with E-state index in [1.807, 2.05) is 26.0 Å². The molecule has 2 atom stereocenters. The molecule has 5 heteroatoms. The minimum absolute atomic E-state index is 0.0248. The first-order chi connectivity index (χ1) is 9.96. The number of carbonyl (C=O) groups excluding carboxylic acids is 2. The van der Waals surface area contributed by atoms with Gasteiger partial charge in [-0.05, 0) is 23.5 Å². The highest BCUT2D eigenvalue weighted by molar-refractivity contribution is 6.10. The quantitative estimate of drug-likeness (QED) is 0.842. The number of piperidine rings is 1. The van der Waals surface area contributed by atoms with Crippen molar-refractivity contribution < 1.29 is 9.59 Å². The molecule has 0 radical (unpaired) electrons. The second-order valence-corrected chi connectivity index (χ2v) is 6.52. The van der Waals surface area contributed by atoms with Crippen molar-refractivity contribution in [2.24, 2.45) is 17.3 Å². The number of imide groups is 1. The summed E-state index contributed by atoms with van der Waals surface area (Å²) in [4.78, 5) is 30.2. The third kappa shape index (κ3) is 2.20. The van der Waals surface area contributed by atoms with Crippen LogP contribution in [0, 0.1) is 17.3 Å². The molecule has 1 aliphatic carbocycles. The molecule has 2 unspecified atom stereocenters. The van der Waals surface area contributed by atoms with Crippen molar-refractivity contribution in [2.45, 2.75) is 33.7 Å². The van der Waals surface area contributed by atoms with Gasteiger partial charge in [-0.3, -0.25) is 14.5 Å². The molecule has 1 aliphatic heterocycles. The number of likely N-dealkylation sites (tertiary alicyclic amines) is 1. The van der Waals surface area contributed by atoms with Gasteiger partial charge in [-0.25, -0.2) is 4.98 Å². The number of pyridine rings is 1. The van der Waals surface area contributed by atoms with Gasteiger partial charge in [-0.2, -0.15) is 0 Å². The van der Waals surface area contributed by atoms with E-state index in [1.54, 1.807) is 6.20 Å². The second-order valence-electron chi connectivity index (χ2n) is 6.52. The third-order valence-corrected chi connectivity index (χ3v) is 4.61. The molecule has 21 heavy (non-hydrogen) atoms. The van der Waals surface area contributed by atoms with E-state index < -0.39 is 0 Å². The Balaban J connectivity index is 1.65. The zero-order valence-electron chi connectivity index (χ0n) is 12.7. The summed E-state index contributed by atoms with van der Waals surface area (Å²) in [5, 5.41) is 3.20. The predicted octanol–water partition coefficient (Wildman–Crippen LogP) is 2.04. The number of nitrogens with zero attached hydrogens (tertiary/aromatic N) is 2. The van der Waals surface area contributed by atoms with E-state index in [0.717, 1.165) is 24.3 Å². The maximum atomic E-state index is 12.3. The van der Waals surface area contributed by atoms with Gasteiger partial charge >= 0.3 is 0 Å². The van der Waals surface area contributed by atoms with Gasteiger partial charge < -0.3 is 5.32 Å². The number of rotatable bonds is 5. The van der Waals surface area contributed by atoms with Crippen LogP contribution in [-0.4, -0.2) is 28.2 Å². The van der Waals surface area contributed by atoms with Crippen LogP contribution in [-0.2, 0) is 16.1 Å². The van der Waals surface area contributed by atoms with Crippen molar-refractivity contribution in [3.63, 3.8) is 0 Å². The molecule has 0 spiro atoms. The van der Waals surface area contributed by atoms with Gasteiger partial charge in [0.15, 0.2) is 0 Å². The number of hydrogen-bond donors (Lipinski definition) is 1. The lowest BCUT2D eigenvalue weighted by molar-refractivity contribution is -0.143. The Hall–Kier alpha value is -1.91. The van der Waals surface area contributed by atoms with E-state index in [1.165, 1.54) is 4.90 Å². The summed E-state index contributed by atoms with van der Waals surface area (Å²) in [5.74, 6) is 0.557. The molecule has 5 nitrogen and oxygen atoms in total. The molecular formula is C16H21N3O2. The number of carbonyl (C=O) groups is 2. The lowest BCUT2D eigenvalue weighted by atomic mass is 10.1. The smallest absolute Gasteiger partial charge is 0.233 e. The van der Waals surface area contributed by atoms with Crippen LogP contribution in [0.25, 0.3) is 0 Å². The van der Waals surface area contributed by atoms with Crippen LogP contribution in [0.2, 0.25) is 0 Å². The molecule has 1 aromatic heterocycles. The summed E-state index contributed by atoms with van der Waals surface area (Å²) in [7, 11) is 0. The van der Waals surface area contributed by atoms with Crippen LogP contribution in [0.1, 0.15) is 32.8 Å². The number of fused-ring (bicyclic) bond motifs is 1. The molecule has 1 saturated heterocycles. The van der Waals surface area contributed by atoms with E-state index in [4.69, 9.17) is 0 Å². The highest BCUT2D eigenvalue weighted by Crippen LogP contribution is 2.63. The minimum Gasteiger partial charge on any atom is -0.370 e. The lowest BCUT2D eigenvalue weighted by Crippen LogP contribution is -2.35. The van der Waals surface area contributed by atoms with Crippen LogP contribution in [0.5, 0.6) is 0 Å². The maximum absolute atomic E-state index is 12.3. The van der Waals surface area contributed by atoms with Crippen LogP contribution >= 0.6 is 0 Å². The summed E-state index contributed by atoms with van der Waals surface area (Å²) in [6.45, 7) is 7.30. The standard InChI is InChI=1S/C16H21N3O2/c1-4-7-17-11-6-5-10(8-18-11)9-19-14(20)12-13(15(19)21)16(12,2)3/h5-6,8,12-13H,4,7,9H2,1-3H3,(H,17,18). The molecule has 2 amide bonds. The van der Waals surface area contributed by atoms with Gasteiger partial charge in [0.05, 0.1) is 18.4 Å². The first-order valence-electron chi connectivity index (χ1n) is 7.51. The summed E-state index contributed by atoms with van der Waals surface area (Å²) in [6, 6.07) is 3.81. The van der Waals surface area contributed by atoms with Gasteiger partial charge in [-0.15, -0.1) is 0 Å². The molecule has 3 rings (SSSR count). The average Bonchev–Trinajstić information content (AvgIpc) is 2.94. The highest BCUT2D eigenvalue weighted by atomic mass is 16.2. The largest absolute Gasteiger partial charge is 0.370 e. The van der Waals surface area contributed by atoms with E-state index >= 15 is 0 Å². The molecule has 1 saturated carbocycles. The monoisotopic (exact) mass is 287 g/mol. The molecule has 2 aliphatic rings. The Bertz CT molecular complexity index is 556. The Morgan fingerprint density at radius 2 is 1.90 bits per heavy atom. The number of nitrogens with one attached hydrogen (secondary N) is 1. The van der Waals surface area contributed by atoms with E-state index in [2.05, 4.69) is 17.2 Å². The molecule has 1 N–H and O–H groups in total. The summed E-state index contributed by atoms with van der Waals surface area (Å²) >= 11 is 0. The molecule has 0 bridgehead atoms. The fourth-order valence-electron chi connectivity index (χ4n) is 3.22. The molecule has 2 heterocycles. The fourth-order valence-corrected chi connectivity index (χ4v) is 3.22. The third-order valence-electron chi connectivity index (χ3n) is 4.61. The number of hydrogen-bond acceptors (Lipinski definition) is 4. The summed E-state index contributed by atoms with van der Waals surface area (Å²) < 4.78 is 0. The zero-order valence-corrected chi connectivity index (χ0v) is 12.7. The first kappa shape index (κ1) is 14.0. The fraction of sp³-hybridized carbons (Fsp3) is 0.562. The van der Waals surface area contributed by atoms with Gasteiger partial charge in [0.2, 0.25) is 11.8 Å². The van der Waals surface area contributed by atoms with Gasteiger partial charge in [0, 0.05) is 12.7 Å². The number of aromatic nitrogens is 1. The molecular weight excluding hydrogens is 266 g/mol. The van der Waals surface area contributed by atoms with Crippen LogP contribution < -0.4 is 5.32 Å². The average molecular weight is 287 g/mol. The van der Waals surface area contributed by atoms with Crippen molar-refractivity contribution >= 4 is 17.6 Å². The summed E-state index contributed by atoms with van der Waals surface area (Å²) in [5.41, 5.74) is 0.745. The van der Waals surface area contributed by atoms with Crippen LogP contribution in [0.15, 0.2) is 18.3 Å². The molecule has 0 aromatic carbocycles. The zero-order chi connectivity index (χ0) is 15.2. The van der Waals surface area contributed by atoms with Crippen molar-refractivity contribution in [1.29, 1.82) is 0 Å². The van der Waals surface area contributed by atoms with Crippen LogP contribution in [0.4, 0.5) is 5.82 Å². The van der Waals surface area contributed by atoms with Gasteiger partial charge in [0.1, 0.15) is 5.82 Å². The minimum atomic E-state index is -0.142. The Morgan fingerprint density at radius 3 is 2.43 bits per heavy atom. The van der Waals surface area contributed by atoms with E-state index in [-0.39, 0.29) is 29.1 Å². The predicted molar refractivity (Wildman–Crippen MR) is 79.3 cm³/mol. The molecule has 1 aromatic rings. The van der Waals surface area contributed by atoms with Gasteiger partial charge in [0.25, 0.3) is 0 Å². The summed E-state index contributed by atoms with van der Waals surface area (Å²) in [6.07, 6.45) is 2.77. The Morgan fingerprint density at radius 1 is 1.24 bits per heavy atom. The van der Waals surface area contributed by atoms with Crippen molar-refractivity contribution in [3.8, 4) is 0 Å². The Labute approximate surface area is 124 Å². The molecule has 112 valence electrons. The number of amides is 2. The maximum Gasteiger partial charge on any atom is 0.233 e. The highest BCUT2D eigenvalue weighted by Gasteiger charge is 2.72. The second kappa shape index (κ2) is 4.83. The normalized spacial score (nSPS) is 26.0. The van der Waals surface area contributed by atoms with Crippen molar-refractivity contribution in [1.82, 2.24) is 9.88 Å². The van der Waals surface area contributed by atoms with Crippen LogP contribution in [0.3, 0.4) is 0 Å². The van der Waals surface area contributed by atoms with E-state index in [0.29, 0.717) is 6.54 Å². The van der Waals surface area contributed by atoms with Gasteiger partial charge in [-0.1, -0.05) is 26.8 Å². The van der Waals surface area contributed by atoms with Crippen molar-refractivity contribution in [2.75, 3.05) is 11.9 Å². The van der Waals surface area contributed by atoms with E-state index in [9.17, 15) is 9.59 Å². The van der Waals surface area contributed by atoms with Crippen molar-refractivity contribution in [3.05, 3.63) is 23.9 Å². The number of anilines is 1. The lowest BCUT2D eigenvalue weighted by Gasteiger charge is -2.20. The topological polar surface area (TPSA) is 62.3 Å². The molecule has 2 fully saturated rings. The first-order valence-corrected chi connectivity index (χ1v) is 7.51. The Kier molecular flexibility index (Phi) is 3.23.